The average Bonchev–Trinajstić information content (AvgIpc) is 3.25. The molecule has 166 valence electrons. The third-order valence-corrected chi connectivity index (χ3v) is 8.36. The van der Waals surface area contributed by atoms with E-state index in [1.807, 2.05) is 29.2 Å². The van der Waals surface area contributed by atoms with Gasteiger partial charge in [0.2, 0.25) is 15.9 Å². The zero-order valence-electron chi connectivity index (χ0n) is 17.5. The lowest BCUT2D eigenvalue weighted by Crippen LogP contribution is -2.42. The van der Waals surface area contributed by atoms with Gasteiger partial charge in [-0.25, -0.2) is 8.42 Å². The zero-order chi connectivity index (χ0) is 22.0. The Kier molecular flexibility index (Phi) is 6.55. The van der Waals surface area contributed by atoms with Crippen molar-refractivity contribution in [2.45, 2.75) is 30.1 Å². The van der Waals surface area contributed by atoms with Gasteiger partial charge in [0.25, 0.3) is 0 Å². The van der Waals surface area contributed by atoms with E-state index in [1.165, 1.54) is 16.4 Å². The summed E-state index contributed by atoms with van der Waals surface area (Å²) in [5, 5.41) is 0.477. The SMILES string of the molecule is COc1ccccc1C1CN(S(=O)(=O)c2ccc(Cl)cc2)CC1C(=O)N1CCCCC1. The number of likely N-dealkylation sites (tertiary alicyclic amines) is 1. The maximum absolute atomic E-state index is 13.5. The summed E-state index contributed by atoms with van der Waals surface area (Å²) in [6.45, 7) is 1.86. The molecule has 1 amide bonds. The Hall–Kier alpha value is -2.09. The van der Waals surface area contributed by atoms with E-state index in [-0.39, 0.29) is 29.8 Å². The molecule has 6 nitrogen and oxygen atoms in total. The van der Waals surface area contributed by atoms with Gasteiger partial charge < -0.3 is 9.64 Å². The van der Waals surface area contributed by atoms with Crippen LogP contribution in [0.5, 0.6) is 5.75 Å². The molecule has 2 fully saturated rings. The largest absolute Gasteiger partial charge is 0.496 e. The molecule has 0 spiro atoms. The van der Waals surface area contributed by atoms with Gasteiger partial charge in [-0.1, -0.05) is 29.8 Å². The van der Waals surface area contributed by atoms with Gasteiger partial charge in [-0.3, -0.25) is 4.79 Å². The summed E-state index contributed by atoms with van der Waals surface area (Å²) in [7, 11) is -2.16. The molecule has 2 aromatic carbocycles. The summed E-state index contributed by atoms with van der Waals surface area (Å²) in [6.07, 6.45) is 3.11. The number of hydrogen-bond acceptors (Lipinski definition) is 4. The van der Waals surface area contributed by atoms with Crippen LogP contribution in [-0.2, 0) is 14.8 Å². The molecule has 2 heterocycles. The van der Waals surface area contributed by atoms with Crippen molar-refractivity contribution in [3.8, 4) is 5.75 Å². The van der Waals surface area contributed by atoms with Gasteiger partial charge in [0, 0.05) is 37.1 Å². The number of carbonyl (C=O) groups is 1. The second-order valence-electron chi connectivity index (χ2n) is 8.12. The highest BCUT2D eigenvalue weighted by atomic mass is 35.5. The molecule has 0 N–H and O–H groups in total. The van der Waals surface area contributed by atoms with Crippen molar-refractivity contribution in [2.75, 3.05) is 33.3 Å². The van der Waals surface area contributed by atoms with Crippen molar-refractivity contribution in [2.24, 2.45) is 5.92 Å². The number of para-hydroxylation sites is 1. The van der Waals surface area contributed by atoms with Crippen LogP contribution in [0.3, 0.4) is 0 Å². The van der Waals surface area contributed by atoms with Crippen LogP contribution >= 0.6 is 11.6 Å². The second-order valence-corrected chi connectivity index (χ2v) is 10.5. The minimum Gasteiger partial charge on any atom is -0.496 e. The molecule has 0 aliphatic carbocycles. The van der Waals surface area contributed by atoms with Gasteiger partial charge in [0.05, 0.1) is 17.9 Å². The predicted molar refractivity (Wildman–Crippen MR) is 120 cm³/mol. The van der Waals surface area contributed by atoms with Crippen molar-refractivity contribution in [3.05, 3.63) is 59.1 Å². The van der Waals surface area contributed by atoms with Crippen LogP contribution < -0.4 is 4.74 Å². The maximum atomic E-state index is 13.5. The van der Waals surface area contributed by atoms with Crippen molar-refractivity contribution >= 4 is 27.5 Å². The number of benzene rings is 2. The Bertz CT molecular complexity index is 1040. The van der Waals surface area contributed by atoms with Crippen molar-refractivity contribution < 1.29 is 17.9 Å². The fourth-order valence-corrected chi connectivity index (χ4v) is 6.22. The van der Waals surface area contributed by atoms with Gasteiger partial charge in [0.15, 0.2) is 0 Å². The van der Waals surface area contributed by atoms with Crippen LogP contribution in [-0.4, -0.2) is 56.8 Å². The molecular weight excluding hydrogens is 436 g/mol. The number of ether oxygens (including phenoxy) is 1. The number of halogens is 1. The first-order chi connectivity index (χ1) is 14.9. The number of sulfonamides is 1. The number of piperidine rings is 1. The smallest absolute Gasteiger partial charge is 0.243 e. The van der Waals surface area contributed by atoms with E-state index in [4.69, 9.17) is 16.3 Å². The Morgan fingerprint density at radius 1 is 1.00 bits per heavy atom. The van der Waals surface area contributed by atoms with E-state index >= 15 is 0 Å². The number of nitrogens with zero attached hydrogens (tertiary/aromatic N) is 2. The summed E-state index contributed by atoms with van der Waals surface area (Å²) in [5.41, 5.74) is 0.870. The highest BCUT2D eigenvalue weighted by molar-refractivity contribution is 7.89. The highest BCUT2D eigenvalue weighted by Gasteiger charge is 2.45. The van der Waals surface area contributed by atoms with Gasteiger partial charge in [-0.05, 0) is 55.2 Å². The molecule has 0 saturated carbocycles. The molecule has 0 bridgehead atoms. The second kappa shape index (κ2) is 9.18. The molecule has 2 atom stereocenters. The van der Waals surface area contributed by atoms with Crippen LogP contribution in [0.4, 0.5) is 0 Å². The van der Waals surface area contributed by atoms with Crippen LogP contribution in [0, 0.1) is 5.92 Å². The van der Waals surface area contributed by atoms with Gasteiger partial charge in [-0.15, -0.1) is 0 Å². The minimum absolute atomic E-state index is 0.0319. The molecule has 2 saturated heterocycles. The fourth-order valence-electron chi connectivity index (χ4n) is 4.61. The van der Waals surface area contributed by atoms with Gasteiger partial charge in [0.1, 0.15) is 5.75 Å². The van der Waals surface area contributed by atoms with Crippen LogP contribution in [0.25, 0.3) is 0 Å². The summed E-state index contributed by atoms with van der Waals surface area (Å²) < 4.78 is 33.7. The van der Waals surface area contributed by atoms with Gasteiger partial charge in [-0.2, -0.15) is 4.31 Å². The molecule has 8 heteroatoms. The Morgan fingerprint density at radius 3 is 2.35 bits per heavy atom. The van der Waals surface area contributed by atoms with Crippen molar-refractivity contribution in [1.29, 1.82) is 0 Å². The first-order valence-corrected chi connectivity index (χ1v) is 12.4. The monoisotopic (exact) mass is 462 g/mol. The molecular formula is C23H27ClN2O4S. The standard InChI is InChI=1S/C23H27ClN2O4S/c1-30-22-8-4-3-7-19(22)20-15-26(31(28,29)18-11-9-17(24)10-12-18)16-21(20)23(27)25-13-5-2-6-14-25/h3-4,7-12,20-21H,2,5-6,13-16H2,1H3. The molecule has 4 rings (SSSR count). The maximum Gasteiger partial charge on any atom is 0.243 e. The van der Waals surface area contributed by atoms with Crippen LogP contribution in [0.1, 0.15) is 30.7 Å². The first kappa shape index (κ1) is 22.1. The van der Waals surface area contributed by atoms with Gasteiger partial charge >= 0.3 is 0 Å². The average molecular weight is 463 g/mol. The molecule has 2 aromatic rings. The minimum atomic E-state index is -3.75. The number of amides is 1. The third-order valence-electron chi connectivity index (χ3n) is 6.26. The normalized spacial score (nSPS) is 22.5. The molecule has 2 aliphatic rings. The van der Waals surface area contributed by atoms with E-state index < -0.39 is 15.9 Å². The van der Waals surface area contributed by atoms with Crippen molar-refractivity contribution in [1.82, 2.24) is 9.21 Å². The quantitative estimate of drug-likeness (QED) is 0.678. The van der Waals surface area contributed by atoms with E-state index in [9.17, 15) is 13.2 Å². The van der Waals surface area contributed by atoms with E-state index in [1.54, 1.807) is 19.2 Å². The summed E-state index contributed by atoms with van der Waals surface area (Å²) in [4.78, 5) is 15.6. The highest BCUT2D eigenvalue weighted by Crippen LogP contribution is 2.40. The lowest BCUT2D eigenvalue weighted by atomic mass is 9.87. The Morgan fingerprint density at radius 2 is 1.68 bits per heavy atom. The van der Waals surface area contributed by atoms with E-state index in [2.05, 4.69) is 0 Å². The van der Waals surface area contributed by atoms with E-state index in [0.717, 1.165) is 37.9 Å². The number of rotatable bonds is 5. The number of methoxy groups -OCH3 is 1. The van der Waals surface area contributed by atoms with Crippen LogP contribution in [0.2, 0.25) is 5.02 Å². The molecule has 0 radical (unpaired) electrons. The predicted octanol–water partition coefficient (Wildman–Crippen LogP) is 3.77. The lowest BCUT2D eigenvalue weighted by molar-refractivity contribution is -0.136. The number of carbonyl (C=O) groups excluding carboxylic acids is 1. The molecule has 31 heavy (non-hydrogen) atoms. The molecule has 2 unspecified atom stereocenters. The fraction of sp³-hybridized carbons (Fsp3) is 0.435. The number of hydrogen-bond donors (Lipinski definition) is 0. The molecule has 2 aliphatic heterocycles. The van der Waals surface area contributed by atoms with Crippen molar-refractivity contribution in [3.63, 3.8) is 0 Å². The summed E-state index contributed by atoms with van der Waals surface area (Å²) >= 11 is 5.94. The first-order valence-electron chi connectivity index (χ1n) is 10.6. The summed E-state index contributed by atoms with van der Waals surface area (Å²) in [5.74, 6) is -0.0109. The molecule has 0 aromatic heterocycles. The third kappa shape index (κ3) is 4.45. The summed E-state index contributed by atoms with van der Waals surface area (Å²) in [6, 6.07) is 13.7. The van der Waals surface area contributed by atoms with Crippen LogP contribution in [0.15, 0.2) is 53.4 Å². The Labute approximate surface area is 188 Å². The topological polar surface area (TPSA) is 66.9 Å². The van der Waals surface area contributed by atoms with E-state index in [0.29, 0.717) is 10.8 Å². The lowest BCUT2D eigenvalue weighted by Gasteiger charge is -2.31. The zero-order valence-corrected chi connectivity index (χ0v) is 19.1. The Balaban J connectivity index is 1.69.